The number of rotatable bonds is 8. The Morgan fingerprint density at radius 2 is 1.82 bits per heavy atom. The summed E-state index contributed by atoms with van der Waals surface area (Å²) in [6, 6.07) is 0. The van der Waals surface area contributed by atoms with Crippen molar-refractivity contribution in [2.75, 3.05) is 13.2 Å². The fourth-order valence-electron chi connectivity index (χ4n) is 1.32. The Balaban J connectivity index is 4.54. The van der Waals surface area contributed by atoms with E-state index in [0.717, 1.165) is 0 Å². The van der Waals surface area contributed by atoms with E-state index in [-0.39, 0.29) is 6.42 Å². The highest BCUT2D eigenvalue weighted by Gasteiger charge is 2.28. The van der Waals surface area contributed by atoms with Gasteiger partial charge in [0, 0.05) is 0 Å². The highest BCUT2D eigenvalue weighted by atomic mass is 32.3. The maximum atomic E-state index is 10.6. The molecule has 8 nitrogen and oxygen atoms in total. The van der Waals surface area contributed by atoms with Crippen LogP contribution in [0.25, 0.3) is 0 Å². The Morgan fingerprint density at radius 1 is 1.29 bits per heavy atom. The van der Waals surface area contributed by atoms with Gasteiger partial charge in [-0.3, -0.25) is 9.35 Å². The minimum absolute atomic E-state index is 0.0907. The number of hydrogen-bond donors (Lipinski definition) is 4. The van der Waals surface area contributed by atoms with Crippen LogP contribution in [0.2, 0.25) is 0 Å². The molecule has 0 aromatic rings. The zero-order chi connectivity index (χ0) is 13.6. The van der Waals surface area contributed by atoms with Crippen LogP contribution in [0, 0.1) is 11.8 Å². The van der Waals surface area contributed by atoms with E-state index in [2.05, 4.69) is 4.18 Å². The number of carboxylic acid groups (broad SMARTS) is 1. The average molecular weight is 272 g/mol. The van der Waals surface area contributed by atoms with Gasteiger partial charge in [-0.1, -0.05) is 6.92 Å². The quantitative estimate of drug-likeness (QED) is 0.407. The standard InChI is InChI=1S/C8H16O8S/c1-5(2-6(3-9)8(11)12)7(4-10)16-17(13,14)15/h5-7,9-10H,2-4H2,1H3,(H,11,12)(H,13,14,15)/t5-,6?,7?/m1/s1. The van der Waals surface area contributed by atoms with Crippen molar-refractivity contribution in [2.45, 2.75) is 19.4 Å². The molecule has 0 aliphatic rings. The molecule has 4 N–H and O–H groups in total. The van der Waals surface area contributed by atoms with Gasteiger partial charge in [-0.25, -0.2) is 4.18 Å². The van der Waals surface area contributed by atoms with Crippen LogP contribution in [-0.4, -0.2) is 53.6 Å². The summed E-state index contributed by atoms with van der Waals surface area (Å²) in [4.78, 5) is 10.6. The molecule has 0 bridgehead atoms. The van der Waals surface area contributed by atoms with Crippen molar-refractivity contribution in [3.8, 4) is 0 Å². The second-order valence-electron chi connectivity index (χ2n) is 3.68. The van der Waals surface area contributed by atoms with Crippen LogP contribution in [0.5, 0.6) is 0 Å². The van der Waals surface area contributed by atoms with E-state index in [1.807, 2.05) is 0 Å². The molecule has 0 fully saturated rings. The molecule has 0 radical (unpaired) electrons. The van der Waals surface area contributed by atoms with Crippen molar-refractivity contribution < 1.29 is 37.3 Å². The van der Waals surface area contributed by atoms with Crippen LogP contribution in [0.4, 0.5) is 0 Å². The monoisotopic (exact) mass is 272 g/mol. The molecule has 17 heavy (non-hydrogen) atoms. The summed E-state index contributed by atoms with van der Waals surface area (Å²) in [5, 5.41) is 26.3. The maximum absolute atomic E-state index is 10.6. The van der Waals surface area contributed by atoms with Crippen LogP contribution in [-0.2, 0) is 19.4 Å². The second kappa shape index (κ2) is 6.87. The van der Waals surface area contributed by atoms with Crippen molar-refractivity contribution in [3.05, 3.63) is 0 Å². The van der Waals surface area contributed by atoms with E-state index in [0.29, 0.717) is 0 Å². The predicted molar refractivity (Wildman–Crippen MR) is 55.5 cm³/mol. The third-order valence-electron chi connectivity index (χ3n) is 2.29. The number of carbonyl (C=O) groups is 1. The lowest BCUT2D eigenvalue weighted by Gasteiger charge is -2.22. The molecule has 0 spiro atoms. The van der Waals surface area contributed by atoms with Crippen LogP contribution >= 0.6 is 0 Å². The minimum Gasteiger partial charge on any atom is -0.481 e. The molecule has 0 aliphatic heterocycles. The van der Waals surface area contributed by atoms with Gasteiger partial charge in [-0.2, -0.15) is 8.42 Å². The normalized spacial score (nSPS) is 17.4. The Kier molecular flexibility index (Phi) is 6.57. The number of aliphatic hydroxyl groups excluding tert-OH is 2. The topological polar surface area (TPSA) is 141 Å². The first-order chi connectivity index (χ1) is 7.71. The van der Waals surface area contributed by atoms with E-state index in [1.165, 1.54) is 6.92 Å². The molecule has 2 unspecified atom stereocenters. The van der Waals surface area contributed by atoms with Gasteiger partial charge in [0.05, 0.1) is 19.1 Å². The first kappa shape index (κ1) is 16.3. The summed E-state index contributed by atoms with van der Waals surface area (Å²) >= 11 is 0. The highest BCUT2D eigenvalue weighted by molar-refractivity contribution is 7.80. The molecule has 3 atom stereocenters. The van der Waals surface area contributed by atoms with E-state index in [9.17, 15) is 13.2 Å². The lowest BCUT2D eigenvalue weighted by Crippen LogP contribution is -2.32. The zero-order valence-electron chi connectivity index (χ0n) is 9.18. The summed E-state index contributed by atoms with van der Waals surface area (Å²) in [7, 11) is -4.71. The minimum atomic E-state index is -4.71. The van der Waals surface area contributed by atoms with Crippen LogP contribution in [0.1, 0.15) is 13.3 Å². The third kappa shape index (κ3) is 6.54. The summed E-state index contributed by atoms with van der Waals surface area (Å²) in [5.74, 6) is -2.98. The summed E-state index contributed by atoms with van der Waals surface area (Å²) in [6.45, 7) is 0.139. The molecule has 0 aromatic heterocycles. The third-order valence-corrected chi connectivity index (χ3v) is 2.78. The molecule has 9 heteroatoms. The molecule has 0 saturated heterocycles. The second-order valence-corrected chi connectivity index (χ2v) is 4.72. The maximum Gasteiger partial charge on any atom is 0.397 e. The fourth-order valence-corrected chi connectivity index (χ4v) is 1.88. The SMILES string of the molecule is C[C@H](CC(CO)C(=O)O)C(CO)OS(=O)(=O)O. The van der Waals surface area contributed by atoms with Gasteiger partial charge in [0.25, 0.3) is 0 Å². The first-order valence-corrected chi connectivity index (χ1v) is 6.18. The molecule has 0 amide bonds. The lowest BCUT2D eigenvalue weighted by atomic mass is 9.92. The van der Waals surface area contributed by atoms with Crippen molar-refractivity contribution in [1.29, 1.82) is 0 Å². The van der Waals surface area contributed by atoms with Crippen LogP contribution in [0.3, 0.4) is 0 Å². The number of aliphatic carboxylic acids is 1. The Hall–Kier alpha value is -0.740. The van der Waals surface area contributed by atoms with E-state index in [1.54, 1.807) is 0 Å². The molecule has 0 aliphatic carbocycles. The van der Waals surface area contributed by atoms with E-state index >= 15 is 0 Å². The van der Waals surface area contributed by atoms with E-state index in [4.69, 9.17) is 19.9 Å². The van der Waals surface area contributed by atoms with Gasteiger partial charge >= 0.3 is 16.4 Å². The highest BCUT2D eigenvalue weighted by Crippen LogP contribution is 2.19. The zero-order valence-corrected chi connectivity index (χ0v) is 10.00. The molecule has 0 saturated carbocycles. The van der Waals surface area contributed by atoms with Crippen LogP contribution < -0.4 is 0 Å². The lowest BCUT2D eigenvalue weighted by molar-refractivity contribution is -0.144. The van der Waals surface area contributed by atoms with Gasteiger partial charge in [-0.15, -0.1) is 0 Å². The van der Waals surface area contributed by atoms with Crippen molar-refractivity contribution in [1.82, 2.24) is 0 Å². The summed E-state index contributed by atoms with van der Waals surface area (Å²) in [5.41, 5.74) is 0. The number of hydrogen-bond acceptors (Lipinski definition) is 6. The van der Waals surface area contributed by atoms with Gasteiger partial charge in [-0.05, 0) is 12.3 Å². The Morgan fingerprint density at radius 3 is 2.12 bits per heavy atom. The fraction of sp³-hybridized carbons (Fsp3) is 0.875. The molecular formula is C8H16O8S. The molecule has 0 heterocycles. The molecule has 102 valence electrons. The average Bonchev–Trinajstić information content (AvgIpc) is 2.20. The smallest absolute Gasteiger partial charge is 0.397 e. The first-order valence-electron chi connectivity index (χ1n) is 4.81. The van der Waals surface area contributed by atoms with Crippen molar-refractivity contribution in [3.63, 3.8) is 0 Å². The number of carboxylic acids is 1. The molecular weight excluding hydrogens is 256 g/mol. The van der Waals surface area contributed by atoms with Gasteiger partial charge in [0.15, 0.2) is 0 Å². The summed E-state index contributed by atoms with van der Waals surface area (Å²) < 4.78 is 33.5. The van der Waals surface area contributed by atoms with Gasteiger partial charge in [0.2, 0.25) is 0 Å². The van der Waals surface area contributed by atoms with Crippen LogP contribution in [0.15, 0.2) is 0 Å². The summed E-state index contributed by atoms with van der Waals surface area (Å²) in [6.07, 6.45) is -1.34. The predicted octanol–water partition coefficient (Wildman–Crippen LogP) is -1.11. The van der Waals surface area contributed by atoms with E-state index < -0.39 is 47.5 Å². The van der Waals surface area contributed by atoms with Gasteiger partial charge < -0.3 is 15.3 Å². The Bertz CT molecular complexity index is 337. The number of aliphatic hydroxyl groups is 2. The van der Waals surface area contributed by atoms with Gasteiger partial charge in [0.1, 0.15) is 6.10 Å². The molecule has 0 aromatic carbocycles. The van der Waals surface area contributed by atoms with Crippen molar-refractivity contribution in [2.24, 2.45) is 11.8 Å². The largest absolute Gasteiger partial charge is 0.481 e. The molecule has 0 rings (SSSR count). The van der Waals surface area contributed by atoms with Crippen molar-refractivity contribution >= 4 is 16.4 Å². The Labute approximate surface area is 98.8 Å².